The summed E-state index contributed by atoms with van der Waals surface area (Å²) < 4.78 is 100.0. The number of benzene rings is 3. The molecule has 13 heterocycles. The van der Waals surface area contributed by atoms with E-state index in [9.17, 15) is 56.5 Å². The first-order chi connectivity index (χ1) is 60.8. The Balaban J connectivity index is 0.000000153. The van der Waals surface area contributed by atoms with Crippen LogP contribution in [0.4, 0.5) is 61.0 Å². The molecule has 0 spiro atoms. The molecule has 126 heavy (non-hydrogen) atoms. The van der Waals surface area contributed by atoms with Gasteiger partial charge >= 0.3 is 30.4 Å². The van der Waals surface area contributed by atoms with Gasteiger partial charge in [0.25, 0.3) is 0 Å². The van der Waals surface area contributed by atoms with Crippen LogP contribution in [0.15, 0.2) is 116 Å². The van der Waals surface area contributed by atoms with Crippen molar-refractivity contribution in [2.24, 2.45) is 0 Å². The highest BCUT2D eigenvalue weighted by atomic mass is 19.4. The maximum atomic E-state index is 13.8. The molecule has 6 saturated heterocycles. The van der Waals surface area contributed by atoms with E-state index in [-0.39, 0.29) is 97.1 Å². The first-order valence-corrected chi connectivity index (χ1v) is 43.6. The van der Waals surface area contributed by atoms with Gasteiger partial charge in [0.2, 0.25) is 17.7 Å². The fourth-order valence-electron chi connectivity index (χ4n) is 19.0. The van der Waals surface area contributed by atoms with Crippen molar-refractivity contribution in [3.8, 4) is 36.2 Å². The number of rotatable bonds is 22. The van der Waals surface area contributed by atoms with Gasteiger partial charge in [0.05, 0.1) is 104 Å². The molecule has 9 aliphatic rings. The van der Waals surface area contributed by atoms with Crippen LogP contribution in [0.5, 0.6) is 18.0 Å². The SMILES string of the molecule is C/C=C/C(=O)N1CCN(c2nc(OC[C@@H]3CCCN3C)nc3c2CCN(c2cccc4cccc(C)c24)C3)C[C@@H]1CC#N.C=CC(=O)N1CCN(c2nc(OC[C@@H]3CCCN3C)nc3c2CCN(c2ccccc2CC(F)(F)F)C3)CC1CC#N.C=CC(=O)N1CCN(c2nc(OC[C@@H]3CCCN3C)nc3c2CCN(c2ncccc2C(F)(F)F)C3)CC1CC#N. The number of anilines is 6. The van der Waals surface area contributed by atoms with Gasteiger partial charge in [-0.25, -0.2) is 4.98 Å². The van der Waals surface area contributed by atoms with Crippen molar-refractivity contribution in [1.29, 1.82) is 15.8 Å². The van der Waals surface area contributed by atoms with Crippen LogP contribution in [0.3, 0.4) is 0 Å². The number of carbonyl (C=O) groups is 3. The minimum absolute atomic E-state index is 0.0437. The molecule has 0 saturated carbocycles. The maximum Gasteiger partial charge on any atom is 0.419 e. The van der Waals surface area contributed by atoms with E-state index in [1.165, 1.54) is 58.9 Å². The Morgan fingerprint density at radius 1 is 0.476 bits per heavy atom. The Labute approximate surface area is 731 Å². The highest BCUT2D eigenvalue weighted by Crippen LogP contribution is 2.42. The van der Waals surface area contributed by atoms with Crippen molar-refractivity contribution in [3.63, 3.8) is 0 Å². The summed E-state index contributed by atoms with van der Waals surface area (Å²) >= 11 is 0. The minimum Gasteiger partial charge on any atom is -0.462 e. The van der Waals surface area contributed by atoms with Gasteiger partial charge in [0, 0.05) is 136 Å². The van der Waals surface area contributed by atoms with Crippen molar-refractivity contribution in [2.45, 2.75) is 166 Å². The molecule has 0 bridgehead atoms. The molecule has 666 valence electrons. The number of carbonyl (C=O) groups excluding carboxylic acids is 3. The summed E-state index contributed by atoms with van der Waals surface area (Å²) in [6, 6.07) is 29.3. The standard InChI is InChI=1S/C34H41N7O2.C30H36F3N7O2.C28H33F3N8O2/c1-4-8-31(42)41-20-19-40(21-26(41)14-16-35)33-28-15-18-39(30-13-6-11-25-10-5-9-24(2)32(25)30)22-29(28)36-34(37-33)43-23-27-12-7-17-38(27)3;1-3-27(41)40-16-15-39(18-22(40)10-12-34)28-24-11-14-38(26-9-5-4-7-21(26)17-30(31,32)33)19-25(24)35-29(36-28)42-20-23-8-6-13-37(23)2;1-3-24(40)39-15-14-38(16-19(39)8-10-32)25-21-9-13-37(26-22(28(29,30)31)7-4-11-33-26)17-23(21)34-27(35-25)41-18-20-6-5-12-36(20)2/h4-6,8-11,13,26-27H,7,12,14-15,17-23H2,1-3H3;3-5,7,9,22-23H,1,6,8,10-11,13-20H2,2H3;3-4,7,11,19-20H,1,5-6,8-9,12-18H2,2H3/b8-4+;;/t26-,27-;22?,23-;19?,20-/m000/s1. The Kier molecular flexibility index (Phi) is 29.1. The molecule has 9 aliphatic heterocycles. The van der Waals surface area contributed by atoms with Crippen molar-refractivity contribution in [2.75, 3.05) is 169 Å². The average molecular weight is 1730 g/mol. The number of likely N-dealkylation sites (tertiary alicyclic amines) is 3. The molecule has 34 heteroatoms. The lowest BCUT2D eigenvalue weighted by Gasteiger charge is -2.42. The Morgan fingerprint density at radius 3 is 1.30 bits per heavy atom. The number of nitrogens with zero attached hydrogens (tertiary/aromatic N) is 22. The third-order valence-corrected chi connectivity index (χ3v) is 25.7. The van der Waals surface area contributed by atoms with Gasteiger partial charge in [-0.05, 0) is 171 Å². The Hall–Kier alpha value is -11.9. The number of nitriles is 3. The Bertz CT molecular complexity index is 5250. The van der Waals surface area contributed by atoms with E-state index in [2.05, 4.69) is 128 Å². The number of alkyl halides is 6. The van der Waals surface area contributed by atoms with E-state index in [0.717, 1.165) is 99.0 Å². The van der Waals surface area contributed by atoms with Crippen molar-refractivity contribution < 1.29 is 54.9 Å². The second-order valence-electron chi connectivity index (χ2n) is 33.7. The normalized spacial score (nSPS) is 21.2. The van der Waals surface area contributed by atoms with E-state index in [4.69, 9.17) is 39.1 Å². The molecule has 2 unspecified atom stereocenters. The van der Waals surface area contributed by atoms with Crippen LogP contribution in [-0.2, 0) is 65.9 Å². The third-order valence-electron chi connectivity index (χ3n) is 25.7. The summed E-state index contributed by atoms with van der Waals surface area (Å²) in [4.78, 5) is 95.1. The molecule has 16 rings (SSSR count). The zero-order valence-electron chi connectivity index (χ0n) is 72.3. The number of fused-ring (bicyclic) bond motifs is 4. The van der Waals surface area contributed by atoms with Gasteiger partial charge in [0.15, 0.2) is 0 Å². The lowest BCUT2D eigenvalue weighted by Crippen LogP contribution is -2.55. The van der Waals surface area contributed by atoms with Crippen LogP contribution in [0.1, 0.15) is 115 Å². The predicted molar refractivity (Wildman–Crippen MR) is 467 cm³/mol. The fraction of sp³-hybridized carbons (Fsp3) is 0.511. The monoisotopic (exact) mass is 1730 g/mol. The van der Waals surface area contributed by atoms with Crippen LogP contribution in [0.2, 0.25) is 0 Å². The molecule has 28 nitrogen and oxygen atoms in total. The second-order valence-corrected chi connectivity index (χ2v) is 33.7. The maximum absolute atomic E-state index is 13.8. The molecule has 0 aliphatic carbocycles. The van der Waals surface area contributed by atoms with E-state index < -0.39 is 24.3 Å². The Morgan fingerprint density at radius 2 is 0.889 bits per heavy atom. The predicted octanol–water partition coefficient (Wildman–Crippen LogP) is 11.3. The quantitative estimate of drug-likeness (QED) is 0.0450. The number of hydrogen-bond donors (Lipinski definition) is 0. The number of hydrogen-bond acceptors (Lipinski definition) is 25. The first-order valence-electron chi connectivity index (χ1n) is 43.6. The molecule has 6 atom stereocenters. The lowest BCUT2D eigenvalue weighted by molar-refractivity contribution is -0.137. The highest BCUT2D eigenvalue weighted by molar-refractivity contribution is 5.97. The van der Waals surface area contributed by atoms with Crippen LogP contribution >= 0.6 is 0 Å². The number of pyridine rings is 1. The number of aryl methyl sites for hydroxylation is 1. The second kappa shape index (κ2) is 40.6. The molecule has 0 radical (unpaired) electrons. The summed E-state index contributed by atoms with van der Waals surface area (Å²) in [7, 11) is 6.26. The molecule has 4 aromatic heterocycles. The van der Waals surface area contributed by atoms with E-state index in [1.807, 2.05) is 28.7 Å². The van der Waals surface area contributed by atoms with Gasteiger partial charge in [-0.3, -0.25) is 14.4 Å². The third kappa shape index (κ3) is 21.1. The molecule has 3 amide bonds. The van der Waals surface area contributed by atoms with E-state index in [0.29, 0.717) is 159 Å². The molecule has 3 aromatic carbocycles. The number of para-hydroxylation sites is 1. The van der Waals surface area contributed by atoms with Gasteiger partial charge in [-0.1, -0.05) is 67.8 Å². The van der Waals surface area contributed by atoms with Gasteiger partial charge in [-0.15, -0.1) is 0 Å². The highest BCUT2D eigenvalue weighted by Gasteiger charge is 2.42. The largest absolute Gasteiger partial charge is 0.462 e. The van der Waals surface area contributed by atoms with Gasteiger partial charge < -0.3 is 73.0 Å². The van der Waals surface area contributed by atoms with Crippen molar-refractivity contribution in [1.82, 2.24) is 64.3 Å². The molecular formula is C92H110F6N22O6. The number of amides is 3. The summed E-state index contributed by atoms with van der Waals surface area (Å²) in [6.45, 7) is 22.7. The molecular weight excluding hydrogens is 1620 g/mol. The van der Waals surface area contributed by atoms with E-state index in [1.54, 1.807) is 45.1 Å². The molecule has 7 aromatic rings. The fourth-order valence-corrected chi connectivity index (χ4v) is 19.0. The zero-order valence-corrected chi connectivity index (χ0v) is 72.3. The summed E-state index contributed by atoms with van der Waals surface area (Å²) in [5.74, 6) is 1.60. The smallest absolute Gasteiger partial charge is 0.419 e. The number of ether oxygens (including phenoxy) is 3. The number of likely N-dealkylation sites (N-methyl/N-ethyl adjacent to an activating group) is 3. The summed E-state index contributed by atoms with van der Waals surface area (Å²) in [5.41, 5.74) is 7.64. The summed E-state index contributed by atoms with van der Waals surface area (Å²) in [6.07, 6.45) is 6.18. The molecule has 0 N–H and O–H groups in total. The van der Waals surface area contributed by atoms with E-state index >= 15 is 0 Å². The lowest BCUT2D eigenvalue weighted by atomic mass is 9.99. The molecule has 6 fully saturated rings. The summed E-state index contributed by atoms with van der Waals surface area (Å²) in [5, 5.41) is 31.0. The number of piperazine rings is 3. The minimum atomic E-state index is -4.54. The van der Waals surface area contributed by atoms with Gasteiger partial charge in [-0.2, -0.15) is 72.0 Å². The number of halogens is 6. The average Bonchev–Trinajstić information content (AvgIpc) is 0.825. The van der Waals surface area contributed by atoms with Crippen LogP contribution in [-0.4, -0.2) is 264 Å². The van der Waals surface area contributed by atoms with Gasteiger partial charge in [0.1, 0.15) is 43.1 Å². The van der Waals surface area contributed by atoms with Crippen LogP contribution in [0.25, 0.3) is 10.8 Å². The van der Waals surface area contributed by atoms with Crippen LogP contribution < -0.4 is 43.6 Å². The van der Waals surface area contributed by atoms with Crippen molar-refractivity contribution >= 4 is 63.1 Å². The zero-order chi connectivity index (χ0) is 88.9. The number of aromatic nitrogens is 7. The first kappa shape index (κ1) is 90.3. The van der Waals surface area contributed by atoms with Crippen molar-refractivity contribution in [3.05, 3.63) is 167 Å². The van der Waals surface area contributed by atoms with Crippen LogP contribution in [0, 0.1) is 40.9 Å². The topological polar surface area (TPSA) is 279 Å². The number of allylic oxidation sites excluding steroid dienone is 1.